The lowest BCUT2D eigenvalue weighted by molar-refractivity contribution is 0.105. The Hall–Kier alpha value is -3.60. The van der Waals surface area contributed by atoms with Gasteiger partial charge in [-0.1, -0.05) is 19.1 Å². The lowest BCUT2D eigenvalue weighted by Gasteiger charge is -2.06. The van der Waals surface area contributed by atoms with Crippen molar-refractivity contribution >= 4 is 28.5 Å². The predicted octanol–water partition coefficient (Wildman–Crippen LogP) is 5.63. The summed E-state index contributed by atoms with van der Waals surface area (Å²) in [6.07, 6.45) is 4.13. The molecule has 0 aliphatic heterocycles. The number of carbonyl (C=O) groups excluding carboxylic acids is 1. The van der Waals surface area contributed by atoms with E-state index in [2.05, 4.69) is 4.98 Å². The highest BCUT2D eigenvalue weighted by molar-refractivity contribution is 6.31. The Kier molecular flexibility index (Phi) is 5.06. The molecule has 2 heterocycles. The lowest BCUT2D eigenvalue weighted by atomic mass is 10.0. The molecule has 0 amide bonds. The number of oxazole rings is 1. The molecule has 2 aromatic carbocycles. The second-order valence-corrected chi connectivity index (χ2v) is 6.26. The van der Waals surface area contributed by atoms with Crippen LogP contribution in [0.15, 0.2) is 75.8 Å². The van der Waals surface area contributed by atoms with E-state index >= 15 is 0 Å². The van der Waals surface area contributed by atoms with E-state index in [1.165, 1.54) is 0 Å². The average Bonchev–Trinajstić information content (AvgIpc) is 3.39. The van der Waals surface area contributed by atoms with Crippen LogP contribution in [0.5, 0.6) is 5.75 Å². The number of hydrogen-bond donors (Lipinski definition) is 0. The maximum Gasteiger partial charge on any atom is 0.231 e. The van der Waals surface area contributed by atoms with Gasteiger partial charge in [-0.3, -0.25) is 4.79 Å². The number of allylic oxidation sites excluding steroid dienone is 1. The Morgan fingerprint density at radius 1 is 1.07 bits per heavy atom. The van der Waals surface area contributed by atoms with Crippen LogP contribution in [-0.2, 0) is 0 Å². The molecule has 2 aromatic heterocycles. The number of furan rings is 1. The second-order valence-electron chi connectivity index (χ2n) is 6.26. The van der Waals surface area contributed by atoms with Gasteiger partial charge in [-0.15, -0.1) is 0 Å². The third-order valence-electron chi connectivity index (χ3n) is 4.19. The highest BCUT2D eigenvalue weighted by atomic mass is 16.5. The molecule has 0 saturated heterocycles. The molecule has 0 saturated carbocycles. The van der Waals surface area contributed by atoms with E-state index in [1.54, 1.807) is 48.7 Å². The van der Waals surface area contributed by atoms with E-state index in [4.69, 9.17) is 13.6 Å². The molecule has 0 atom stereocenters. The number of aromatic nitrogens is 1. The standard InChI is InChI=1S/C23H19NO4/c1-2-13-26-17-11-9-16(10-12-17)22(25)19(15-18-6-5-14-27-18)23-24-20-7-3-4-8-21(20)28-23/h3-12,14-15H,2,13H2,1H3/b19-15+. The largest absolute Gasteiger partial charge is 0.494 e. The monoisotopic (exact) mass is 373 g/mol. The van der Waals surface area contributed by atoms with Crippen molar-refractivity contribution < 1.29 is 18.4 Å². The molecule has 0 fully saturated rings. The zero-order valence-electron chi connectivity index (χ0n) is 15.4. The molecule has 4 rings (SSSR count). The van der Waals surface area contributed by atoms with Crippen molar-refractivity contribution in [3.63, 3.8) is 0 Å². The van der Waals surface area contributed by atoms with E-state index < -0.39 is 0 Å². The Morgan fingerprint density at radius 2 is 1.89 bits per heavy atom. The van der Waals surface area contributed by atoms with Crippen molar-refractivity contribution in [3.8, 4) is 5.75 Å². The Bertz CT molecular complexity index is 1070. The van der Waals surface area contributed by atoms with Gasteiger partial charge in [0, 0.05) is 5.56 Å². The van der Waals surface area contributed by atoms with Gasteiger partial charge in [-0.05, 0) is 61.0 Å². The van der Waals surface area contributed by atoms with Gasteiger partial charge in [0.25, 0.3) is 0 Å². The number of Topliss-reactive ketones (excluding diaryl/α,β-unsaturated/α-hetero) is 1. The molecule has 5 nitrogen and oxygen atoms in total. The van der Waals surface area contributed by atoms with Crippen molar-refractivity contribution in [3.05, 3.63) is 84.1 Å². The third-order valence-corrected chi connectivity index (χ3v) is 4.19. The fraction of sp³-hybridized carbons (Fsp3) is 0.130. The maximum atomic E-state index is 13.2. The fourth-order valence-corrected chi connectivity index (χ4v) is 2.81. The summed E-state index contributed by atoms with van der Waals surface area (Å²) in [5.41, 5.74) is 2.16. The normalized spacial score (nSPS) is 11.7. The molecule has 0 N–H and O–H groups in total. The Labute approximate surface area is 162 Å². The van der Waals surface area contributed by atoms with Gasteiger partial charge in [0.05, 0.1) is 18.4 Å². The minimum absolute atomic E-state index is 0.204. The first-order valence-electron chi connectivity index (χ1n) is 9.13. The average molecular weight is 373 g/mol. The van der Waals surface area contributed by atoms with E-state index in [0.717, 1.165) is 12.2 Å². The topological polar surface area (TPSA) is 65.5 Å². The summed E-state index contributed by atoms with van der Waals surface area (Å²) in [5.74, 6) is 1.34. The van der Waals surface area contributed by atoms with Gasteiger partial charge in [0.15, 0.2) is 11.4 Å². The van der Waals surface area contributed by atoms with Crippen LogP contribution in [0.25, 0.3) is 22.7 Å². The summed E-state index contributed by atoms with van der Waals surface area (Å²) < 4.78 is 16.8. The maximum absolute atomic E-state index is 13.2. The van der Waals surface area contributed by atoms with Crippen LogP contribution >= 0.6 is 0 Å². The molecule has 0 spiro atoms. The van der Waals surface area contributed by atoms with Crippen molar-refractivity contribution in [2.45, 2.75) is 13.3 Å². The lowest BCUT2D eigenvalue weighted by Crippen LogP contribution is -2.03. The van der Waals surface area contributed by atoms with Gasteiger partial charge >= 0.3 is 0 Å². The van der Waals surface area contributed by atoms with Crippen LogP contribution < -0.4 is 4.74 Å². The number of rotatable bonds is 7. The van der Waals surface area contributed by atoms with Crippen LogP contribution in [0.3, 0.4) is 0 Å². The second kappa shape index (κ2) is 7.96. The number of carbonyl (C=O) groups is 1. The number of nitrogens with zero attached hydrogens (tertiary/aromatic N) is 1. The van der Waals surface area contributed by atoms with E-state index in [1.807, 2.05) is 31.2 Å². The fourth-order valence-electron chi connectivity index (χ4n) is 2.81. The van der Waals surface area contributed by atoms with Crippen LogP contribution in [0.1, 0.15) is 35.4 Å². The first-order valence-corrected chi connectivity index (χ1v) is 9.13. The summed E-state index contributed by atoms with van der Waals surface area (Å²) in [4.78, 5) is 17.7. The molecule has 28 heavy (non-hydrogen) atoms. The summed E-state index contributed by atoms with van der Waals surface area (Å²) in [5, 5.41) is 0. The highest BCUT2D eigenvalue weighted by Gasteiger charge is 2.21. The van der Waals surface area contributed by atoms with Crippen LogP contribution in [0, 0.1) is 0 Å². The zero-order valence-corrected chi connectivity index (χ0v) is 15.4. The Morgan fingerprint density at radius 3 is 2.61 bits per heavy atom. The molecule has 0 unspecified atom stereocenters. The van der Waals surface area contributed by atoms with E-state index in [0.29, 0.717) is 34.6 Å². The summed E-state index contributed by atoms with van der Waals surface area (Å²) in [7, 11) is 0. The highest BCUT2D eigenvalue weighted by Crippen LogP contribution is 2.27. The van der Waals surface area contributed by atoms with Gasteiger partial charge in [0.1, 0.15) is 17.0 Å². The smallest absolute Gasteiger partial charge is 0.231 e. The van der Waals surface area contributed by atoms with Gasteiger partial charge < -0.3 is 13.6 Å². The van der Waals surface area contributed by atoms with Crippen LogP contribution in [0.2, 0.25) is 0 Å². The Balaban J connectivity index is 1.72. The predicted molar refractivity (Wildman–Crippen MR) is 107 cm³/mol. The first kappa shape index (κ1) is 17.8. The van der Waals surface area contributed by atoms with Crippen molar-refractivity contribution in [2.75, 3.05) is 6.61 Å². The van der Waals surface area contributed by atoms with Crippen molar-refractivity contribution in [1.29, 1.82) is 0 Å². The summed E-state index contributed by atoms with van der Waals surface area (Å²) >= 11 is 0. The van der Waals surface area contributed by atoms with Crippen molar-refractivity contribution in [1.82, 2.24) is 4.98 Å². The number of hydrogen-bond acceptors (Lipinski definition) is 5. The van der Waals surface area contributed by atoms with Crippen LogP contribution in [-0.4, -0.2) is 17.4 Å². The number of benzene rings is 2. The summed E-state index contributed by atoms with van der Waals surface area (Å²) in [6.45, 7) is 2.68. The minimum Gasteiger partial charge on any atom is -0.494 e. The van der Waals surface area contributed by atoms with Crippen molar-refractivity contribution in [2.24, 2.45) is 0 Å². The zero-order chi connectivity index (χ0) is 19.3. The van der Waals surface area contributed by atoms with Gasteiger partial charge in [-0.25, -0.2) is 4.98 Å². The molecule has 0 bridgehead atoms. The van der Waals surface area contributed by atoms with E-state index in [-0.39, 0.29) is 11.7 Å². The molecule has 4 aromatic rings. The molecule has 0 aliphatic rings. The molecule has 5 heteroatoms. The molecule has 0 radical (unpaired) electrons. The molecule has 140 valence electrons. The van der Waals surface area contributed by atoms with E-state index in [9.17, 15) is 4.79 Å². The molecule has 0 aliphatic carbocycles. The number of para-hydroxylation sites is 2. The SMILES string of the molecule is CCCOc1ccc(C(=O)/C(=C\c2ccco2)c2nc3ccccc3o2)cc1. The minimum atomic E-state index is -0.204. The molecular formula is C23H19NO4. The number of ketones is 1. The number of fused-ring (bicyclic) bond motifs is 1. The third kappa shape index (κ3) is 3.74. The first-order chi connectivity index (χ1) is 13.7. The van der Waals surface area contributed by atoms with Gasteiger partial charge in [0.2, 0.25) is 5.89 Å². The van der Waals surface area contributed by atoms with Gasteiger partial charge in [-0.2, -0.15) is 0 Å². The number of ether oxygens (including phenoxy) is 1. The van der Waals surface area contributed by atoms with Crippen LogP contribution in [0.4, 0.5) is 0 Å². The summed E-state index contributed by atoms with van der Waals surface area (Å²) in [6, 6.07) is 18.0. The molecular weight excluding hydrogens is 354 g/mol. The quantitative estimate of drug-likeness (QED) is 0.310.